The molecule has 1 N–H and O–H groups in total. The summed E-state index contributed by atoms with van der Waals surface area (Å²) in [5.74, 6) is 0. The minimum Gasteiger partial charge on any atom is -0.360 e. The molecule has 0 aliphatic carbocycles. The molecule has 3 rings (SSSR count). The number of hydrogen-bond acceptors (Lipinski definition) is 1. The van der Waals surface area contributed by atoms with E-state index < -0.39 is 0 Å². The molecule has 0 spiro atoms. The number of fused-ring (bicyclic) bond motifs is 1. The summed E-state index contributed by atoms with van der Waals surface area (Å²) in [6.07, 6.45) is 3.18. The number of aromatic amines is 1. The van der Waals surface area contributed by atoms with Gasteiger partial charge in [0.2, 0.25) is 0 Å². The molecule has 96 valence electrons. The van der Waals surface area contributed by atoms with E-state index in [1.165, 1.54) is 29.8 Å². The molecule has 0 unspecified atom stereocenters. The zero-order chi connectivity index (χ0) is 13.2. The first kappa shape index (κ1) is 13.1. The molecule has 1 aromatic heterocycles. The lowest BCUT2D eigenvalue weighted by atomic mass is 10.2. The van der Waals surface area contributed by atoms with E-state index in [1.54, 1.807) is 0 Å². The molecule has 0 radical (unpaired) electrons. The first-order chi connectivity index (χ1) is 9.28. The summed E-state index contributed by atoms with van der Waals surface area (Å²) >= 11 is 4.21. The van der Waals surface area contributed by atoms with Gasteiger partial charge >= 0.3 is 0 Å². The third kappa shape index (κ3) is 2.67. The summed E-state index contributed by atoms with van der Waals surface area (Å²) in [5.41, 5.74) is 2.62. The monoisotopic (exact) mass is 379 g/mol. The van der Waals surface area contributed by atoms with Crippen LogP contribution in [0.5, 0.6) is 0 Å². The van der Waals surface area contributed by atoms with Crippen LogP contribution >= 0.6 is 34.4 Å². The average molecular weight is 379 g/mol. The van der Waals surface area contributed by atoms with Crippen molar-refractivity contribution in [2.75, 3.05) is 0 Å². The van der Waals surface area contributed by atoms with Gasteiger partial charge in [-0.1, -0.05) is 36.9 Å². The van der Waals surface area contributed by atoms with Crippen LogP contribution < -0.4 is 0 Å². The zero-order valence-electron chi connectivity index (χ0n) is 10.6. The standard InChI is InChI=1S/C16H14INS/c1-2-11-5-3-4-6-15(11)19-16-10-18-14-8-7-12(17)9-13(14)16/h3-10,18H,2H2,1H3. The van der Waals surface area contributed by atoms with E-state index in [9.17, 15) is 0 Å². The molecule has 3 heteroatoms. The molecule has 0 aliphatic heterocycles. The maximum Gasteiger partial charge on any atom is 0.0466 e. The molecular weight excluding hydrogens is 365 g/mol. The fourth-order valence-electron chi connectivity index (χ4n) is 2.17. The SMILES string of the molecule is CCc1ccccc1Sc1c[nH]c2ccc(I)cc12. The highest BCUT2D eigenvalue weighted by atomic mass is 127. The van der Waals surface area contributed by atoms with Gasteiger partial charge in [-0.2, -0.15) is 0 Å². The number of aryl methyl sites for hydroxylation is 1. The summed E-state index contributed by atoms with van der Waals surface area (Å²) in [5, 5.41) is 1.31. The molecule has 2 aromatic carbocycles. The highest BCUT2D eigenvalue weighted by Crippen LogP contribution is 2.36. The maximum absolute atomic E-state index is 3.35. The van der Waals surface area contributed by atoms with Gasteiger partial charge in [0.1, 0.15) is 0 Å². The van der Waals surface area contributed by atoms with Crippen molar-refractivity contribution >= 4 is 45.3 Å². The van der Waals surface area contributed by atoms with Gasteiger partial charge in [-0.3, -0.25) is 0 Å². The van der Waals surface area contributed by atoms with Crippen molar-refractivity contribution in [2.24, 2.45) is 0 Å². The fraction of sp³-hybridized carbons (Fsp3) is 0.125. The van der Waals surface area contributed by atoms with Crippen LogP contribution in [0.4, 0.5) is 0 Å². The predicted molar refractivity (Wildman–Crippen MR) is 91.0 cm³/mol. The van der Waals surface area contributed by atoms with Crippen LogP contribution in [0.15, 0.2) is 58.5 Å². The number of aromatic nitrogens is 1. The number of hydrogen-bond donors (Lipinski definition) is 1. The van der Waals surface area contributed by atoms with Crippen LogP contribution in [0.1, 0.15) is 12.5 Å². The Morgan fingerprint density at radius 1 is 1.11 bits per heavy atom. The Balaban J connectivity index is 2.03. The fourth-order valence-corrected chi connectivity index (χ4v) is 3.78. The lowest BCUT2D eigenvalue weighted by Crippen LogP contribution is -1.83. The number of nitrogens with one attached hydrogen (secondary N) is 1. The Morgan fingerprint density at radius 2 is 1.95 bits per heavy atom. The van der Waals surface area contributed by atoms with Crippen LogP contribution in [-0.2, 0) is 6.42 Å². The van der Waals surface area contributed by atoms with Crippen LogP contribution in [0.25, 0.3) is 10.9 Å². The van der Waals surface area contributed by atoms with Crippen molar-refractivity contribution in [1.82, 2.24) is 4.98 Å². The zero-order valence-corrected chi connectivity index (χ0v) is 13.6. The second-order valence-corrected chi connectivity index (χ2v) is 6.74. The molecule has 3 aromatic rings. The topological polar surface area (TPSA) is 15.8 Å². The van der Waals surface area contributed by atoms with Crippen molar-refractivity contribution in [1.29, 1.82) is 0 Å². The van der Waals surface area contributed by atoms with Gasteiger partial charge in [0.05, 0.1) is 0 Å². The third-order valence-electron chi connectivity index (χ3n) is 3.18. The summed E-state index contributed by atoms with van der Waals surface area (Å²) in [6, 6.07) is 15.2. The summed E-state index contributed by atoms with van der Waals surface area (Å²) < 4.78 is 1.27. The van der Waals surface area contributed by atoms with E-state index in [1.807, 2.05) is 11.8 Å². The van der Waals surface area contributed by atoms with Gasteiger partial charge in [-0.15, -0.1) is 0 Å². The second kappa shape index (κ2) is 5.59. The molecule has 0 aliphatic rings. The number of rotatable bonds is 3. The normalized spacial score (nSPS) is 11.1. The van der Waals surface area contributed by atoms with Gasteiger partial charge in [-0.05, 0) is 58.8 Å². The predicted octanol–water partition coefficient (Wildman–Crippen LogP) is 5.49. The van der Waals surface area contributed by atoms with Gasteiger partial charge in [-0.25, -0.2) is 0 Å². The molecule has 1 heterocycles. The summed E-state index contributed by atoms with van der Waals surface area (Å²) in [7, 11) is 0. The second-order valence-electron chi connectivity index (χ2n) is 4.41. The average Bonchev–Trinajstić information content (AvgIpc) is 2.82. The summed E-state index contributed by atoms with van der Waals surface area (Å²) in [4.78, 5) is 6.00. The molecule has 0 amide bonds. The minimum absolute atomic E-state index is 1.07. The number of H-pyrrole nitrogens is 1. The largest absolute Gasteiger partial charge is 0.360 e. The maximum atomic E-state index is 3.35. The number of benzene rings is 2. The highest BCUT2D eigenvalue weighted by Gasteiger charge is 2.08. The minimum atomic E-state index is 1.07. The Labute approximate surface area is 130 Å². The van der Waals surface area contributed by atoms with Crippen molar-refractivity contribution in [3.05, 3.63) is 57.8 Å². The van der Waals surface area contributed by atoms with Crippen molar-refractivity contribution in [2.45, 2.75) is 23.1 Å². The third-order valence-corrected chi connectivity index (χ3v) is 5.03. The van der Waals surface area contributed by atoms with E-state index in [0.717, 1.165) is 6.42 Å². The van der Waals surface area contributed by atoms with E-state index in [0.29, 0.717) is 0 Å². The molecule has 19 heavy (non-hydrogen) atoms. The van der Waals surface area contributed by atoms with Crippen molar-refractivity contribution in [3.63, 3.8) is 0 Å². The van der Waals surface area contributed by atoms with E-state index in [-0.39, 0.29) is 0 Å². The Kier molecular flexibility index (Phi) is 3.84. The lowest BCUT2D eigenvalue weighted by Gasteiger charge is -2.06. The van der Waals surface area contributed by atoms with Gasteiger partial charge in [0.25, 0.3) is 0 Å². The highest BCUT2D eigenvalue weighted by molar-refractivity contribution is 14.1. The van der Waals surface area contributed by atoms with Crippen LogP contribution in [-0.4, -0.2) is 4.98 Å². The molecule has 1 nitrogen and oxygen atoms in total. The van der Waals surface area contributed by atoms with Gasteiger partial charge < -0.3 is 4.98 Å². The first-order valence-electron chi connectivity index (χ1n) is 6.30. The van der Waals surface area contributed by atoms with E-state index in [4.69, 9.17) is 0 Å². The van der Waals surface area contributed by atoms with Gasteiger partial charge in [0, 0.05) is 30.5 Å². The first-order valence-corrected chi connectivity index (χ1v) is 8.20. The molecule has 0 atom stereocenters. The van der Waals surface area contributed by atoms with E-state index in [2.05, 4.69) is 83.2 Å². The van der Waals surface area contributed by atoms with E-state index >= 15 is 0 Å². The van der Waals surface area contributed by atoms with Gasteiger partial charge in [0.15, 0.2) is 0 Å². The Bertz CT molecular complexity index is 718. The van der Waals surface area contributed by atoms with Crippen LogP contribution in [0.2, 0.25) is 0 Å². The molecule has 0 saturated heterocycles. The molecule has 0 fully saturated rings. The Hall–Kier alpha value is -0.940. The molecular formula is C16H14INS. The molecule has 0 saturated carbocycles. The smallest absolute Gasteiger partial charge is 0.0466 e. The molecule has 0 bridgehead atoms. The Morgan fingerprint density at radius 3 is 2.79 bits per heavy atom. The lowest BCUT2D eigenvalue weighted by molar-refractivity contribution is 1.08. The van der Waals surface area contributed by atoms with Crippen molar-refractivity contribution in [3.8, 4) is 0 Å². The quantitative estimate of drug-likeness (QED) is 0.596. The van der Waals surface area contributed by atoms with Crippen LogP contribution in [0.3, 0.4) is 0 Å². The van der Waals surface area contributed by atoms with Crippen LogP contribution in [0, 0.1) is 3.57 Å². The summed E-state index contributed by atoms with van der Waals surface area (Å²) in [6.45, 7) is 2.21. The number of halogens is 1. The van der Waals surface area contributed by atoms with Crippen molar-refractivity contribution < 1.29 is 0 Å².